The lowest BCUT2D eigenvalue weighted by molar-refractivity contribution is 0.352. The summed E-state index contributed by atoms with van der Waals surface area (Å²) < 4.78 is 11.0. The van der Waals surface area contributed by atoms with Crippen LogP contribution >= 0.6 is 35.3 Å². The second kappa shape index (κ2) is 13.4. The van der Waals surface area contributed by atoms with Crippen molar-refractivity contribution in [1.82, 2.24) is 10.6 Å². The molecule has 0 saturated carbocycles. The van der Waals surface area contributed by atoms with Crippen LogP contribution in [0.15, 0.2) is 47.3 Å². The molecule has 0 aliphatic carbocycles. The maximum absolute atomic E-state index is 5.50. The lowest BCUT2D eigenvalue weighted by Crippen LogP contribution is -2.38. The number of allylic oxidation sites excluding steroid dienone is 1. The van der Waals surface area contributed by atoms with Crippen LogP contribution in [0.5, 0.6) is 11.5 Å². The summed E-state index contributed by atoms with van der Waals surface area (Å²) in [6.45, 7) is 8.11. The monoisotopic (exact) mass is 515 g/mol. The van der Waals surface area contributed by atoms with Crippen LogP contribution in [0.25, 0.3) is 0 Å². The van der Waals surface area contributed by atoms with E-state index in [1.54, 1.807) is 25.6 Å². The predicted octanol–water partition coefficient (Wildman–Crippen LogP) is 4.41. The highest BCUT2D eigenvalue weighted by Gasteiger charge is 2.11. The first-order valence-electron chi connectivity index (χ1n) is 9.11. The molecule has 2 aromatic rings. The molecule has 0 fully saturated rings. The van der Waals surface area contributed by atoms with E-state index in [-0.39, 0.29) is 24.0 Å². The fraction of sp³-hybridized carbons (Fsp3) is 0.381. The van der Waals surface area contributed by atoms with Gasteiger partial charge >= 0.3 is 0 Å². The Kier molecular flexibility index (Phi) is 11.7. The maximum atomic E-state index is 5.50. The van der Waals surface area contributed by atoms with Crippen LogP contribution in [0.3, 0.4) is 0 Å². The highest BCUT2D eigenvalue weighted by molar-refractivity contribution is 14.0. The zero-order chi connectivity index (χ0) is 19.5. The van der Waals surface area contributed by atoms with Gasteiger partial charge in [0.05, 0.1) is 20.8 Å². The molecule has 0 unspecified atom stereocenters. The van der Waals surface area contributed by atoms with Crippen LogP contribution in [0.2, 0.25) is 0 Å². The molecular weight excluding hydrogens is 485 g/mol. The first-order valence-corrected chi connectivity index (χ1v) is 9.99. The summed E-state index contributed by atoms with van der Waals surface area (Å²) in [5.41, 5.74) is 2.12. The molecule has 0 amide bonds. The van der Waals surface area contributed by atoms with Crippen LogP contribution in [0.4, 0.5) is 0 Å². The Labute approximate surface area is 189 Å². The van der Waals surface area contributed by atoms with E-state index in [1.807, 2.05) is 12.1 Å². The quantitative estimate of drug-likeness (QED) is 0.213. The van der Waals surface area contributed by atoms with Gasteiger partial charge in [0, 0.05) is 23.5 Å². The summed E-state index contributed by atoms with van der Waals surface area (Å²) in [5, 5.41) is 8.79. The average molecular weight is 515 g/mol. The van der Waals surface area contributed by atoms with Crippen molar-refractivity contribution in [3.8, 4) is 11.5 Å². The summed E-state index contributed by atoms with van der Waals surface area (Å²) >= 11 is 1.78. The summed E-state index contributed by atoms with van der Waals surface area (Å²) in [6.07, 6.45) is 3.57. The van der Waals surface area contributed by atoms with Gasteiger partial charge in [0.25, 0.3) is 0 Å². The molecule has 0 aliphatic rings. The Balaban J connectivity index is 0.00000392. The Morgan fingerprint density at radius 3 is 2.68 bits per heavy atom. The van der Waals surface area contributed by atoms with E-state index in [9.17, 15) is 0 Å². The van der Waals surface area contributed by atoms with Gasteiger partial charge < -0.3 is 20.1 Å². The SMILES string of the molecule is C=CCc1cc(CN=C(NCC)NCCc2cccs2)cc(OC)c1OC.I. The number of hydrogen-bond donors (Lipinski definition) is 2. The minimum atomic E-state index is 0. The number of guanidine groups is 1. The third-order valence-electron chi connectivity index (χ3n) is 3.99. The van der Waals surface area contributed by atoms with E-state index in [0.717, 1.165) is 54.5 Å². The molecule has 2 N–H and O–H groups in total. The fourth-order valence-corrected chi connectivity index (χ4v) is 3.48. The van der Waals surface area contributed by atoms with Gasteiger partial charge in [-0.25, -0.2) is 4.99 Å². The molecule has 0 bridgehead atoms. The number of benzene rings is 1. The van der Waals surface area contributed by atoms with E-state index in [1.165, 1.54) is 4.88 Å². The molecule has 1 aromatic heterocycles. The largest absolute Gasteiger partial charge is 0.493 e. The van der Waals surface area contributed by atoms with Crippen LogP contribution < -0.4 is 20.1 Å². The molecular formula is C21H30IN3O2S. The topological polar surface area (TPSA) is 54.9 Å². The van der Waals surface area contributed by atoms with Crippen molar-refractivity contribution in [3.05, 3.63) is 58.3 Å². The van der Waals surface area contributed by atoms with Crippen molar-refractivity contribution in [2.45, 2.75) is 26.3 Å². The van der Waals surface area contributed by atoms with Gasteiger partial charge in [-0.15, -0.1) is 41.9 Å². The Morgan fingerprint density at radius 2 is 2.07 bits per heavy atom. The van der Waals surface area contributed by atoms with Crippen molar-refractivity contribution in [1.29, 1.82) is 0 Å². The molecule has 28 heavy (non-hydrogen) atoms. The fourth-order valence-electron chi connectivity index (χ4n) is 2.78. The second-order valence-electron chi connectivity index (χ2n) is 5.93. The number of nitrogens with zero attached hydrogens (tertiary/aromatic N) is 1. The molecule has 0 aliphatic heterocycles. The lowest BCUT2D eigenvalue weighted by Gasteiger charge is -2.14. The van der Waals surface area contributed by atoms with Crippen molar-refractivity contribution >= 4 is 41.3 Å². The zero-order valence-electron chi connectivity index (χ0n) is 16.8. The van der Waals surface area contributed by atoms with E-state index >= 15 is 0 Å². The maximum Gasteiger partial charge on any atom is 0.191 e. The molecule has 0 atom stereocenters. The zero-order valence-corrected chi connectivity index (χ0v) is 19.9. The molecule has 0 saturated heterocycles. The Bertz CT molecular complexity index is 748. The van der Waals surface area contributed by atoms with Crippen molar-refractivity contribution < 1.29 is 9.47 Å². The van der Waals surface area contributed by atoms with Crippen LogP contribution in [-0.2, 0) is 19.4 Å². The molecule has 0 radical (unpaired) electrons. The van der Waals surface area contributed by atoms with Gasteiger partial charge in [-0.2, -0.15) is 0 Å². The van der Waals surface area contributed by atoms with E-state index in [0.29, 0.717) is 6.54 Å². The summed E-state index contributed by atoms with van der Waals surface area (Å²) in [7, 11) is 3.31. The molecule has 1 heterocycles. The minimum Gasteiger partial charge on any atom is -0.493 e. The molecule has 1 aromatic carbocycles. The van der Waals surface area contributed by atoms with Gasteiger partial charge in [-0.05, 0) is 48.9 Å². The summed E-state index contributed by atoms with van der Waals surface area (Å²) in [5.74, 6) is 2.29. The third kappa shape index (κ3) is 7.35. The van der Waals surface area contributed by atoms with Crippen molar-refractivity contribution in [3.63, 3.8) is 0 Å². The summed E-state index contributed by atoms with van der Waals surface area (Å²) in [4.78, 5) is 6.08. The van der Waals surface area contributed by atoms with Gasteiger partial charge in [-0.3, -0.25) is 0 Å². The van der Waals surface area contributed by atoms with Gasteiger partial charge in [0.2, 0.25) is 0 Å². The molecule has 154 valence electrons. The van der Waals surface area contributed by atoms with Crippen LogP contribution in [0.1, 0.15) is 22.9 Å². The first-order chi connectivity index (χ1) is 13.2. The third-order valence-corrected chi connectivity index (χ3v) is 4.92. The summed E-state index contributed by atoms with van der Waals surface area (Å²) in [6, 6.07) is 8.31. The first kappa shape index (κ1) is 24.3. The van der Waals surface area contributed by atoms with Gasteiger partial charge in [0.15, 0.2) is 17.5 Å². The number of nitrogens with one attached hydrogen (secondary N) is 2. The smallest absolute Gasteiger partial charge is 0.191 e. The number of aliphatic imine (C=N–C) groups is 1. The van der Waals surface area contributed by atoms with Gasteiger partial charge in [-0.1, -0.05) is 12.1 Å². The molecule has 5 nitrogen and oxygen atoms in total. The number of halogens is 1. The number of rotatable bonds is 10. The van der Waals surface area contributed by atoms with Crippen LogP contribution in [-0.4, -0.2) is 33.3 Å². The number of hydrogen-bond acceptors (Lipinski definition) is 4. The Hall–Kier alpha value is -1.74. The normalized spacial score (nSPS) is 10.8. The van der Waals surface area contributed by atoms with Crippen molar-refractivity contribution in [2.75, 3.05) is 27.3 Å². The average Bonchev–Trinajstić information content (AvgIpc) is 3.19. The number of thiophene rings is 1. The Morgan fingerprint density at radius 1 is 1.25 bits per heavy atom. The highest BCUT2D eigenvalue weighted by atomic mass is 127. The van der Waals surface area contributed by atoms with Crippen molar-refractivity contribution in [2.24, 2.45) is 4.99 Å². The lowest BCUT2D eigenvalue weighted by atomic mass is 10.1. The highest BCUT2D eigenvalue weighted by Crippen LogP contribution is 2.33. The van der Waals surface area contributed by atoms with E-state index < -0.39 is 0 Å². The standard InChI is InChI=1S/C21H29N3O2S.HI/c1-5-8-17-13-16(14-19(25-3)20(17)26-4)15-24-21(22-6-2)23-11-10-18-9-7-12-27-18;/h5,7,9,12-14H,1,6,8,10-11,15H2,2-4H3,(H2,22,23,24);1H. The van der Waals surface area contributed by atoms with E-state index in [2.05, 4.69) is 47.7 Å². The minimum absolute atomic E-state index is 0. The second-order valence-corrected chi connectivity index (χ2v) is 6.97. The number of methoxy groups -OCH3 is 2. The molecule has 0 spiro atoms. The molecule has 7 heteroatoms. The van der Waals surface area contributed by atoms with Gasteiger partial charge in [0.1, 0.15) is 0 Å². The number of ether oxygens (including phenoxy) is 2. The molecule has 2 rings (SSSR count). The van der Waals surface area contributed by atoms with Crippen LogP contribution in [0, 0.1) is 0 Å². The van der Waals surface area contributed by atoms with E-state index in [4.69, 9.17) is 14.5 Å². The predicted molar refractivity (Wildman–Crippen MR) is 130 cm³/mol.